The van der Waals surface area contributed by atoms with Crippen LogP contribution in [0.1, 0.15) is 41.1 Å². The van der Waals surface area contributed by atoms with E-state index in [9.17, 15) is 0 Å². The summed E-state index contributed by atoms with van der Waals surface area (Å²) in [5, 5.41) is 6.95. The van der Waals surface area contributed by atoms with Crippen molar-refractivity contribution in [3.8, 4) is 0 Å². The van der Waals surface area contributed by atoms with Crippen LogP contribution in [0.5, 0.6) is 0 Å². The number of hydrogen-bond acceptors (Lipinski definition) is 3. The molecule has 20 heavy (non-hydrogen) atoms. The molecule has 0 saturated heterocycles. The van der Waals surface area contributed by atoms with Crippen LogP contribution < -0.4 is 5.32 Å². The topological polar surface area (TPSA) is 24.9 Å². The van der Waals surface area contributed by atoms with E-state index in [0.29, 0.717) is 5.92 Å². The number of aromatic nitrogens is 1. The summed E-state index contributed by atoms with van der Waals surface area (Å²) in [7, 11) is 0. The van der Waals surface area contributed by atoms with Gasteiger partial charge >= 0.3 is 0 Å². The lowest BCUT2D eigenvalue weighted by Crippen LogP contribution is -2.24. The van der Waals surface area contributed by atoms with Crippen LogP contribution in [0.4, 0.5) is 0 Å². The van der Waals surface area contributed by atoms with Crippen molar-refractivity contribution in [1.29, 1.82) is 0 Å². The summed E-state index contributed by atoms with van der Waals surface area (Å²) in [4.78, 5) is 4.62. The molecular formula is C17H24N2S. The third-order valence-corrected chi connectivity index (χ3v) is 4.52. The van der Waals surface area contributed by atoms with Crippen LogP contribution in [0.25, 0.3) is 0 Å². The minimum Gasteiger partial charge on any atom is -0.316 e. The fourth-order valence-corrected chi connectivity index (χ4v) is 3.35. The van der Waals surface area contributed by atoms with Gasteiger partial charge in [-0.1, -0.05) is 31.2 Å². The van der Waals surface area contributed by atoms with Crippen molar-refractivity contribution in [3.05, 3.63) is 51.5 Å². The lowest BCUT2D eigenvalue weighted by atomic mass is 9.92. The smallest absolute Gasteiger partial charge is 0.0934 e. The van der Waals surface area contributed by atoms with Gasteiger partial charge in [0.2, 0.25) is 0 Å². The molecule has 0 spiro atoms. The van der Waals surface area contributed by atoms with E-state index in [-0.39, 0.29) is 0 Å². The van der Waals surface area contributed by atoms with Gasteiger partial charge in [0.15, 0.2) is 0 Å². The Kier molecular flexibility index (Phi) is 5.74. The van der Waals surface area contributed by atoms with Gasteiger partial charge in [-0.2, -0.15) is 0 Å². The second kappa shape index (κ2) is 7.55. The van der Waals surface area contributed by atoms with Crippen molar-refractivity contribution in [1.82, 2.24) is 10.3 Å². The molecule has 2 rings (SSSR count). The van der Waals surface area contributed by atoms with Crippen LogP contribution in [0.3, 0.4) is 0 Å². The minimum atomic E-state index is 0.508. The highest BCUT2D eigenvalue weighted by Gasteiger charge is 2.15. The number of benzene rings is 1. The average molecular weight is 288 g/mol. The summed E-state index contributed by atoms with van der Waals surface area (Å²) in [5.74, 6) is 0.508. The third kappa shape index (κ3) is 4.15. The van der Waals surface area contributed by atoms with E-state index in [1.807, 2.05) is 0 Å². The predicted octanol–water partition coefficient (Wildman–Crippen LogP) is 4.09. The lowest BCUT2D eigenvalue weighted by Gasteiger charge is -2.19. The van der Waals surface area contributed by atoms with Gasteiger partial charge in [-0.25, -0.2) is 4.98 Å². The van der Waals surface area contributed by atoms with Crippen LogP contribution in [-0.4, -0.2) is 18.1 Å². The van der Waals surface area contributed by atoms with Crippen molar-refractivity contribution < 1.29 is 0 Å². The Labute approximate surface area is 126 Å². The van der Waals surface area contributed by atoms with Crippen LogP contribution in [-0.2, 0) is 6.42 Å². The molecule has 0 radical (unpaired) electrons. The zero-order valence-electron chi connectivity index (χ0n) is 12.6. The number of thiazole rings is 1. The molecule has 1 aromatic heterocycles. The van der Waals surface area contributed by atoms with Crippen LogP contribution in [0.2, 0.25) is 0 Å². The molecule has 0 aliphatic heterocycles. The highest BCUT2D eigenvalue weighted by Crippen LogP contribution is 2.25. The first-order chi connectivity index (χ1) is 9.70. The van der Waals surface area contributed by atoms with E-state index in [1.54, 1.807) is 11.3 Å². The summed E-state index contributed by atoms with van der Waals surface area (Å²) >= 11 is 1.78. The zero-order chi connectivity index (χ0) is 14.4. The summed E-state index contributed by atoms with van der Waals surface area (Å²) in [6, 6.07) is 8.72. The molecule has 1 aromatic carbocycles. The van der Waals surface area contributed by atoms with E-state index in [1.165, 1.54) is 22.6 Å². The lowest BCUT2D eigenvalue weighted by molar-refractivity contribution is 0.573. The summed E-state index contributed by atoms with van der Waals surface area (Å²) in [5.41, 5.74) is 3.96. The Morgan fingerprint density at radius 3 is 2.70 bits per heavy atom. The van der Waals surface area contributed by atoms with E-state index >= 15 is 0 Å². The monoisotopic (exact) mass is 288 g/mol. The second-order valence-corrected chi connectivity index (χ2v) is 6.29. The molecule has 2 aromatic rings. The number of hydrogen-bond donors (Lipinski definition) is 1. The molecule has 0 bridgehead atoms. The Morgan fingerprint density at radius 1 is 1.25 bits per heavy atom. The van der Waals surface area contributed by atoms with E-state index in [4.69, 9.17) is 0 Å². The van der Waals surface area contributed by atoms with Crippen molar-refractivity contribution in [2.45, 2.75) is 39.5 Å². The van der Waals surface area contributed by atoms with Gasteiger partial charge in [-0.05, 0) is 37.9 Å². The maximum absolute atomic E-state index is 4.62. The first-order valence-electron chi connectivity index (χ1n) is 7.38. The van der Waals surface area contributed by atoms with Crippen LogP contribution in [0.15, 0.2) is 29.6 Å². The van der Waals surface area contributed by atoms with E-state index < -0.39 is 0 Å². The highest BCUT2D eigenvalue weighted by molar-refractivity contribution is 7.09. The molecule has 0 amide bonds. The van der Waals surface area contributed by atoms with Crippen molar-refractivity contribution in [3.63, 3.8) is 0 Å². The first-order valence-corrected chi connectivity index (χ1v) is 8.26. The van der Waals surface area contributed by atoms with E-state index in [2.05, 4.69) is 60.7 Å². The molecule has 1 unspecified atom stereocenters. The molecule has 1 atom stereocenters. The van der Waals surface area contributed by atoms with Gasteiger partial charge in [0.1, 0.15) is 0 Å². The molecule has 2 nitrogen and oxygen atoms in total. The molecule has 0 fully saturated rings. The SMILES string of the molecule is CCCNCC(Cc1nc(C)cs1)c1ccccc1C. The Balaban J connectivity index is 2.13. The summed E-state index contributed by atoms with van der Waals surface area (Å²) < 4.78 is 0. The number of aryl methyl sites for hydroxylation is 2. The fourth-order valence-electron chi connectivity index (χ4n) is 2.50. The Hall–Kier alpha value is -1.19. The second-order valence-electron chi connectivity index (χ2n) is 5.34. The molecule has 0 aliphatic carbocycles. The zero-order valence-corrected chi connectivity index (χ0v) is 13.5. The Morgan fingerprint density at radius 2 is 2.05 bits per heavy atom. The van der Waals surface area contributed by atoms with Crippen LogP contribution >= 0.6 is 11.3 Å². The molecule has 108 valence electrons. The van der Waals surface area contributed by atoms with Crippen molar-refractivity contribution in [2.24, 2.45) is 0 Å². The Bertz CT molecular complexity index is 533. The summed E-state index contributed by atoms with van der Waals surface area (Å²) in [6.45, 7) is 8.59. The molecule has 0 saturated carbocycles. The number of rotatable bonds is 7. The van der Waals surface area contributed by atoms with Gasteiger partial charge in [-0.15, -0.1) is 11.3 Å². The standard InChI is InChI=1S/C17H24N2S/c1-4-9-18-11-15(10-17-19-14(3)12-20-17)16-8-6-5-7-13(16)2/h5-8,12,15,18H,4,9-11H2,1-3H3. The molecule has 1 heterocycles. The summed E-state index contributed by atoms with van der Waals surface area (Å²) in [6.07, 6.45) is 2.21. The quantitative estimate of drug-likeness (QED) is 0.776. The number of nitrogens with zero attached hydrogens (tertiary/aromatic N) is 1. The average Bonchev–Trinajstić information content (AvgIpc) is 2.84. The predicted molar refractivity (Wildman–Crippen MR) is 87.6 cm³/mol. The van der Waals surface area contributed by atoms with Crippen molar-refractivity contribution >= 4 is 11.3 Å². The van der Waals surface area contributed by atoms with Crippen molar-refractivity contribution in [2.75, 3.05) is 13.1 Å². The highest BCUT2D eigenvalue weighted by atomic mass is 32.1. The molecular weight excluding hydrogens is 264 g/mol. The van der Waals surface area contributed by atoms with Crippen LogP contribution in [0, 0.1) is 13.8 Å². The molecule has 1 N–H and O–H groups in total. The van der Waals surface area contributed by atoms with E-state index in [0.717, 1.165) is 25.2 Å². The van der Waals surface area contributed by atoms with Gasteiger partial charge < -0.3 is 5.32 Å². The third-order valence-electron chi connectivity index (χ3n) is 3.53. The molecule has 3 heteroatoms. The largest absolute Gasteiger partial charge is 0.316 e. The molecule has 0 aliphatic rings. The fraction of sp³-hybridized carbons (Fsp3) is 0.471. The normalized spacial score (nSPS) is 12.6. The number of nitrogens with one attached hydrogen (secondary N) is 1. The minimum absolute atomic E-state index is 0.508. The van der Waals surface area contributed by atoms with Gasteiger partial charge in [-0.3, -0.25) is 0 Å². The van der Waals surface area contributed by atoms with Gasteiger partial charge in [0, 0.05) is 30.0 Å². The van der Waals surface area contributed by atoms with Gasteiger partial charge in [0.25, 0.3) is 0 Å². The maximum atomic E-state index is 4.62. The van der Waals surface area contributed by atoms with Gasteiger partial charge in [0.05, 0.1) is 5.01 Å². The first kappa shape index (κ1) is 15.2. The maximum Gasteiger partial charge on any atom is 0.0934 e.